The minimum absolute atomic E-state index is 0.235. The maximum atomic E-state index is 13.8. The summed E-state index contributed by atoms with van der Waals surface area (Å²) in [5, 5.41) is 5.96. The van der Waals surface area contributed by atoms with Crippen LogP contribution in [-0.4, -0.2) is 66.9 Å². The van der Waals surface area contributed by atoms with Crippen molar-refractivity contribution in [3.8, 4) is 0 Å². The fraction of sp³-hybridized carbons (Fsp3) is 0.583. The molecule has 0 unspecified atom stereocenters. The summed E-state index contributed by atoms with van der Waals surface area (Å²) < 4.78 is 10.8. The number of nitrogens with zero attached hydrogens (tertiary/aromatic N) is 1. The summed E-state index contributed by atoms with van der Waals surface area (Å²) in [5.74, 6) is -1.03. The van der Waals surface area contributed by atoms with E-state index in [-0.39, 0.29) is 34.9 Å². The number of rotatable bonds is 9. The number of halogens is 1. The Bertz CT molecular complexity index is 902. The van der Waals surface area contributed by atoms with Crippen molar-refractivity contribution < 1.29 is 33.1 Å². The molecule has 9 nitrogen and oxygen atoms in total. The van der Waals surface area contributed by atoms with E-state index < -0.39 is 30.5 Å². The lowest BCUT2D eigenvalue weighted by molar-refractivity contribution is -0.761. The van der Waals surface area contributed by atoms with Crippen LogP contribution in [0.25, 0.3) is 0 Å². The van der Waals surface area contributed by atoms with Gasteiger partial charge in [-0.1, -0.05) is 37.6 Å². The van der Waals surface area contributed by atoms with Gasteiger partial charge >= 0.3 is 11.9 Å². The van der Waals surface area contributed by atoms with Crippen molar-refractivity contribution in [3.63, 3.8) is 0 Å². The van der Waals surface area contributed by atoms with Gasteiger partial charge in [-0.05, 0) is 24.5 Å². The molecule has 10 heteroatoms. The molecule has 1 aromatic rings. The smallest absolute Gasteiger partial charge is 0.352 e. The van der Waals surface area contributed by atoms with Crippen LogP contribution in [0.15, 0.2) is 24.3 Å². The Kier molecular flexibility index (Phi) is 9.18. The van der Waals surface area contributed by atoms with Crippen LogP contribution in [0.1, 0.15) is 56.3 Å². The van der Waals surface area contributed by atoms with E-state index in [2.05, 4.69) is 10.6 Å². The number of carbonyl (C=O) groups excluding carboxylic acids is 4. The zero-order chi connectivity index (χ0) is 24.7. The zero-order valence-corrected chi connectivity index (χ0v) is 20.4. The second-order valence-electron chi connectivity index (χ2n) is 9.04. The third kappa shape index (κ3) is 6.02. The number of nitrogens with one attached hydrogen (secondary N) is 2. The fourth-order valence-corrected chi connectivity index (χ4v) is 4.61. The molecule has 2 aliphatic heterocycles. The number of quaternary nitrogens is 1. The predicted octanol–water partition coefficient (Wildman–Crippen LogP) is 3.01. The van der Waals surface area contributed by atoms with Gasteiger partial charge in [0, 0.05) is 25.7 Å². The number of ether oxygens (including phenoxy) is 2. The molecule has 0 saturated carbocycles. The molecule has 186 valence electrons. The number of hydrogen-bond acceptors (Lipinski definition) is 6. The van der Waals surface area contributed by atoms with Gasteiger partial charge in [0.2, 0.25) is 0 Å². The highest BCUT2D eigenvalue weighted by Gasteiger charge is 2.52. The molecule has 34 heavy (non-hydrogen) atoms. The van der Waals surface area contributed by atoms with E-state index >= 15 is 0 Å². The molecule has 3 atom stereocenters. The monoisotopic (exact) mass is 494 g/mol. The van der Waals surface area contributed by atoms with Crippen LogP contribution in [0.3, 0.4) is 0 Å². The van der Waals surface area contributed by atoms with Gasteiger partial charge < -0.3 is 19.6 Å². The van der Waals surface area contributed by atoms with Crippen LogP contribution < -0.4 is 10.6 Å². The highest BCUT2D eigenvalue weighted by molar-refractivity contribution is 6.33. The van der Waals surface area contributed by atoms with Crippen molar-refractivity contribution in [2.45, 2.75) is 64.5 Å². The van der Waals surface area contributed by atoms with Crippen molar-refractivity contribution in [2.75, 3.05) is 19.7 Å². The molecule has 0 bridgehead atoms. The Morgan fingerprint density at radius 1 is 1.21 bits per heavy atom. The molecule has 1 aromatic carbocycles. The van der Waals surface area contributed by atoms with Crippen LogP contribution in [-0.2, 0) is 19.1 Å². The minimum Gasteiger partial charge on any atom is -0.352 e. The van der Waals surface area contributed by atoms with Gasteiger partial charge in [0.1, 0.15) is 18.6 Å². The SMILES string of the molecule is CC(C)[C@H](NC(=O)c1ccccc1Cl)C(=O)[N+]1(C(=O)N[C@@H]2CC[C@@H](OCCC=O)O2)CCCC1. The van der Waals surface area contributed by atoms with Gasteiger partial charge in [0.05, 0.1) is 30.3 Å². The lowest BCUT2D eigenvalue weighted by atomic mass is 10.0. The molecule has 2 N–H and O–H groups in total. The minimum atomic E-state index is -0.864. The molecular weight excluding hydrogens is 462 g/mol. The van der Waals surface area contributed by atoms with Crippen molar-refractivity contribution in [1.29, 1.82) is 0 Å². The Labute approximate surface area is 204 Å². The first-order chi connectivity index (χ1) is 16.3. The van der Waals surface area contributed by atoms with Gasteiger partial charge in [0.25, 0.3) is 5.91 Å². The van der Waals surface area contributed by atoms with Gasteiger partial charge in [-0.15, -0.1) is 0 Å². The number of urea groups is 1. The third-order valence-corrected chi connectivity index (χ3v) is 6.61. The first kappa shape index (κ1) is 26.3. The largest absolute Gasteiger partial charge is 0.426 e. The number of benzene rings is 1. The van der Waals surface area contributed by atoms with Crippen LogP contribution >= 0.6 is 11.6 Å². The normalized spacial score (nSPS) is 22.4. The number of hydrogen-bond donors (Lipinski definition) is 2. The topological polar surface area (TPSA) is 111 Å². The molecule has 2 heterocycles. The maximum Gasteiger partial charge on any atom is 0.426 e. The third-order valence-electron chi connectivity index (χ3n) is 6.28. The fourth-order valence-electron chi connectivity index (χ4n) is 4.39. The van der Waals surface area contributed by atoms with Crippen LogP contribution in [0.4, 0.5) is 4.79 Å². The summed E-state index contributed by atoms with van der Waals surface area (Å²) >= 11 is 6.16. The van der Waals surface area contributed by atoms with Crippen LogP contribution in [0.5, 0.6) is 0 Å². The molecule has 2 saturated heterocycles. The van der Waals surface area contributed by atoms with E-state index in [1.54, 1.807) is 24.3 Å². The van der Waals surface area contributed by atoms with Crippen LogP contribution in [0, 0.1) is 5.92 Å². The summed E-state index contributed by atoms with van der Waals surface area (Å²) in [7, 11) is 0. The molecule has 2 aliphatic rings. The molecule has 0 aliphatic carbocycles. The summed E-state index contributed by atoms with van der Waals surface area (Å²) in [4.78, 5) is 50.5. The first-order valence-corrected chi connectivity index (χ1v) is 12.1. The van der Waals surface area contributed by atoms with E-state index in [1.807, 2.05) is 13.8 Å². The number of carbonyl (C=O) groups is 4. The van der Waals surface area contributed by atoms with E-state index in [0.717, 1.165) is 19.1 Å². The number of likely N-dealkylation sites (tertiary alicyclic amines) is 1. The molecule has 0 spiro atoms. The van der Waals surface area contributed by atoms with E-state index in [4.69, 9.17) is 21.1 Å². The second kappa shape index (κ2) is 11.9. The Hall–Kier alpha value is -2.33. The van der Waals surface area contributed by atoms with Gasteiger partial charge in [0.15, 0.2) is 6.29 Å². The number of aldehydes is 1. The zero-order valence-electron chi connectivity index (χ0n) is 19.6. The van der Waals surface area contributed by atoms with Crippen LogP contribution in [0.2, 0.25) is 5.02 Å². The summed E-state index contributed by atoms with van der Waals surface area (Å²) in [6.07, 6.45) is 2.57. The molecule has 2 fully saturated rings. The molecular formula is C24H33ClN3O6+. The Balaban J connectivity index is 1.70. The lowest BCUT2D eigenvalue weighted by Crippen LogP contribution is -2.66. The lowest BCUT2D eigenvalue weighted by Gasteiger charge is -2.33. The molecule has 0 radical (unpaired) electrons. The Morgan fingerprint density at radius 2 is 1.91 bits per heavy atom. The predicted molar refractivity (Wildman–Crippen MR) is 125 cm³/mol. The Morgan fingerprint density at radius 3 is 2.56 bits per heavy atom. The molecule has 4 amide bonds. The number of imide groups is 1. The number of amides is 4. The van der Waals surface area contributed by atoms with Gasteiger partial charge in [-0.25, -0.2) is 9.59 Å². The summed E-state index contributed by atoms with van der Waals surface area (Å²) in [6.45, 7) is 4.65. The summed E-state index contributed by atoms with van der Waals surface area (Å²) in [5.41, 5.74) is 0.278. The highest BCUT2D eigenvalue weighted by Crippen LogP contribution is 2.26. The molecule has 3 rings (SSSR count). The second-order valence-corrected chi connectivity index (χ2v) is 9.45. The summed E-state index contributed by atoms with van der Waals surface area (Å²) in [6, 6.07) is 5.34. The van der Waals surface area contributed by atoms with E-state index in [1.165, 1.54) is 0 Å². The van der Waals surface area contributed by atoms with E-state index in [0.29, 0.717) is 31.0 Å². The van der Waals surface area contributed by atoms with Crippen molar-refractivity contribution in [3.05, 3.63) is 34.9 Å². The average Bonchev–Trinajstić information content (AvgIpc) is 3.48. The van der Waals surface area contributed by atoms with Crippen molar-refractivity contribution >= 4 is 35.7 Å². The highest BCUT2D eigenvalue weighted by atomic mass is 35.5. The van der Waals surface area contributed by atoms with Crippen molar-refractivity contribution in [1.82, 2.24) is 10.6 Å². The quantitative estimate of drug-likeness (QED) is 0.310. The average molecular weight is 495 g/mol. The maximum absolute atomic E-state index is 13.8. The standard InChI is InChI=1S/C24H32ClN3O6/c1-16(2)21(27-22(30)17-8-3-4-9-18(17)25)23(31)28(12-5-6-13-28)24(32)26-19-10-11-20(34-19)33-15-7-14-29/h3-4,8-9,14,16,19-21H,5-7,10-13,15H2,1-2H3,(H-,26,27,30,32)/p+1/t19-,20-,21-/m0/s1. The van der Waals surface area contributed by atoms with Gasteiger partial charge in [-0.2, -0.15) is 4.48 Å². The van der Waals surface area contributed by atoms with Crippen molar-refractivity contribution in [2.24, 2.45) is 5.92 Å². The first-order valence-electron chi connectivity index (χ1n) is 11.8. The molecule has 0 aromatic heterocycles. The van der Waals surface area contributed by atoms with Gasteiger partial charge in [-0.3, -0.25) is 10.1 Å². The van der Waals surface area contributed by atoms with E-state index in [9.17, 15) is 19.2 Å².